The van der Waals surface area contributed by atoms with Crippen molar-refractivity contribution in [3.05, 3.63) is 0 Å². The topological polar surface area (TPSA) is 57.5 Å². The number of hydrogen-bond acceptors (Lipinski definition) is 2. The van der Waals surface area contributed by atoms with Crippen LogP contribution in [-0.2, 0) is 4.79 Å². The number of alkyl halides is 1. The molecule has 3 nitrogen and oxygen atoms in total. The maximum atomic E-state index is 10.2. The Balaban J connectivity index is 3.14. The average Bonchev–Trinajstić information content (AvgIpc) is 2.03. The van der Waals surface area contributed by atoms with Gasteiger partial charge in [0.2, 0.25) is 0 Å². The monoisotopic (exact) mass is 194 g/mol. The number of unbranched alkanes of at least 4 members (excludes halogenated alkanes) is 3. The number of carbonyl (C=O) groups is 1. The standard InChI is InChI=1S/C8H15ClO3/c9-7(8(11)12)5-3-1-2-4-6-10/h7,10H,1-6H2,(H,11,12). The molecule has 0 spiro atoms. The summed E-state index contributed by atoms with van der Waals surface area (Å²) in [5.41, 5.74) is 0. The summed E-state index contributed by atoms with van der Waals surface area (Å²) < 4.78 is 0. The van der Waals surface area contributed by atoms with E-state index in [2.05, 4.69) is 0 Å². The SMILES string of the molecule is O=C(O)C(Cl)CCCCCCO. The zero-order valence-electron chi connectivity index (χ0n) is 7.00. The number of rotatable bonds is 7. The van der Waals surface area contributed by atoms with Gasteiger partial charge in [-0.2, -0.15) is 0 Å². The summed E-state index contributed by atoms with van der Waals surface area (Å²) in [6.07, 6.45) is 4.01. The highest BCUT2D eigenvalue weighted by Gasteiger charge is 2.11. The minimum absolute atomic E-state index is 0.212. The zero-order valence-corrected chi connectivity index (χ0v) is 7.76. The first-order valence-corrected chi connectivity index (χ1v) is 4.60. The normalized spacial score (nSPS) is 12.8. The summed E-state index contributed by atoms with van der Waals surface area (Å²) in [7, 11) is 0. The Labute approximate surface area is 77.3 Å². The second-order valence-corrected chi connectivity index (χ2v) is 3.26. The number of aliphatic hydroxyl groups excluding tert-OH is 1. The molecule has 4 heteroatoms. The predicted octanol–water partition coefficient (Wildman–Crippen LogP) is 1.62. The van der Waals surface area contributed by atoms with E-state index in [-0.39, 0.29) is 6.61 Å². The number of hydrogen-bond donors (Lipinski definition) is 2. The third kappa shape index (κ3) is 6.43. The lowest BCUT2D eigenvalue weighted by molar-refractivity contribution is -0.136. The largest absolute Gasteiger partial charge is 0.480 e. The van der Waals surface area contributed by atoms with Gasteiger partial charge in [-0.15, -0.1) is 11.6 Å². The molecule has 72 valence electrons. The van der Waals surface area contributed by atoms with Crippen LogP contribution in [0.3, 0.4) is 0 Å². The number of aliphatic carboxylic acids is 1. The predicted molar refractivity (Wildman–Crippen MR) is 47.4 cm³/mol. The van der Waals surface area contributed by atoms with Gasteiger partial charge in [0.05, 0.1) is 0 Å². The molecular formula is C8H15ClO3. The van der Waals surface area contributed by atoms with Crippen molar-refractivity contribution in [1.29, 1.82) is 0 Å². The van der Waals surface area contributed by atoms with Gasteiger partial charge in [-0.3, -0.25) is 4.79 Å². The molecule has 1 atom stereocenters. The van der Waals surface area contributed by atoms with Crippen LogP contribution in [-0.4, -0.2) is 28.2 Å². The Bertz CT molecular complexity index is 127. The lowest BCUT2D eigenvalue weighted by atomic mass is 10.1. The van der Waals surface area contributed by atoms with Crippen molar-refractivity contribution < 1.29 is 15.0 Å². The van der Waals surface area contributed by atoms with Crippen molar-refractivity contribution in [3.63, 3.8) is 0 Å². The fraction of sp³-hybridized carbons (Fsp3) is 0.875. The third-order valence-electron chi connectivity index (χ3n) is 1.63. The van der Waals surface area contributed by atoms with Crippen molar-refractivity contribution >= 4 is 17.6 Å². The van der Waals surface area contributed by atoms with Gasteiger partial charge in [0.25, 0.3) is 0 Å². The molecule has 0 aromatic rings. The Morgan fingerprint density at radius 1 is 1.25 bits per heavy atom. The van der Waals surface area contributed by atoms with Gasteiger partial charge < -0.3 is 10.2 Å². The second-order valence-electron chi connectivity index (χ2n) is 2.73. The lowest BCUT2D eigenvalue weighted by Crippen LogP contribution is -2.12. The van der Waals surface area contributed by atoms with Crippen molar-refractivity contribution in [1.82, 2.24) is 0 Å². The van der Waals surface area contributed by atoms with Crippen LogP contribution in [0, 0.1) is 0 Å². The molecule has 0 aromatic heterocycles. The first-order chi connectivity index (χ1) is 5.68. The van der Waals surface area contributed by atoms with Crippen LogP contribution in [0.1, 0.15) is 32.1 Å². The maximum absolute atomic E-state index is 10.2. The molecule has 0 aliphatic heterocycles. The van der Waals surface area contributed by atoms with E-state index < -0.39 is 11.3 Å². The van der Waals surface area contributed by atoms with Crippen LogP contribution >= 0.6 is 11.6 Å². The van der Waals surface area contributed by atoms with Gasteiger partial charge in [0.1, 0.15) is 5.38 Å². The van der Waals surface area contributed by atoms with Gasteiger partial charge in [-0.1, -0.05) is 19.3 Å². The first kappa shape index (κ1) is 11.7. The molecule has 0 aliphatic rings. The summed E-state index contributed by atoms with van der Waals surface area (Å²) in [6.45, 7) is 0.212. The summed E-state index contributed by atoms with van der Waals surface area (Å²) in [4.78, 5) is 10.2. The maximum Gasteiger partial charge on any atom is 0.321 e. The van der Waals surface area contributed by atoms with Crippen LogP contribution in [0.2, 0.25) is 0 Å². The van der Waals surface area contributed by atoms with E-state index in [0.29, 0.717) is 6.42 Å². The average molecular weight is 195 g/mol. The Hall–Kier alpha value is -0.280. The minimum atomic E-state index is -0.946. The molecule has 2 N–H and O–H groups in total. The fourth-order valence-electron chi connectivity index (χ4n) is 0.912. The highest BCUT2D eigenvalue weighted by atomic mass is 35.5. The van der Waals surface area contributed by atoms with Gasteiger partial charge in [-0.05, 0) is 12.8 Å². The van der Waals surface area contributed by atoms with Crippen LogP contribution < -0.4 is 0 Å². The zero-order chi connectivity index (χ0) is 9.40. The molecule has 0 aliphatic carbocycles. The molecule has 0 radical (unpaired) electrons. The molecule has 0 aromatic carbocycles. The number of carboxylic acids is 1. The molecule has 0 saturated carbocycles. The molecule has 12 heavy (non-hydrogen) atoms. The molecule has 0 amide bonds. The van der Waals surface area contributed by atoms with Gasteiger partial charge in [0, 0.05) is 6.61 Å². The Morgan fingerprint density at radius 3 is 2.33 bits per heavy atom. The van der Waals surface area contributed by atoms with E-state index in [1.165, 1.54) is 0 Å². The van der Waals surface area contributed by atoms with Gasteiger partial charge in [-0.25, -0.2) is 0 Å². The molecule has 0 bridgehead atoms. The van der Waals surface area contributed by atoms with E-state index >= 15 is 0 Å². The molecule has 0 saturated heterocycles. The van der Waals surface area contributed by atoms with Crippen molar-refractivity contribution in [2.45, 2.75) is 37.5 Å². The molecule has 0 heterocycles. The van der Waals surface area contributed by atoms with Crippen molar-refractivity contribution in [3.8, 4) is 0 Å². The Kier molecular flexibility index (Phi) is 7.20. The molecule has 0 fully saturated rings. The summed E-state index contributed by atoms with van der Waals surface area (Å²) in [6, 6.07) is 0. The van der Waals surface area contributed by atoms with Crippen LogP contribution in [0.15, 0.2) is 0 Å². The summed E-state index contributed by atoms with van der Waals surface area (Å²) in [5.74, 6) is -0.946. The number of carboxylic acid groups (broad SMARTS) is 1. The summed E-state index contributed by atoms with van der Waals surface area (Å²) >= 11 is 5.48. The third-order valence-corrected chi connectivity index (χ3v) is 2.04. The smallest absolute Gasteiger partial charge is 0.321 e. The Morgan fingerprint density at radius 2 is 1.83 bits per heavy atom. The van der Waals surface area contributed by atoms with Crippen LogP contribution in [0.25, 0.3) is 0 Å². The van der Waals surface area contributed by atoms with Gasteiger partial charge in [0.15, 0.2) is 0 Å². The van der Waals surface area contributed by atoms with Crippen molar-refractivity contribution in [2.75, 3.05) is 6.61 Å². The van der Waals surface area contributed by atoms with Crippen LogP contribution in [0.4, 0.5) is 0 Å². The van der Waals surface area contributed by atoms with E-state index in [1.807, 2.05) is 0 Å². The molecule has 0 rings (SSSR count). The molecular weight excluding hydrogens is 180 g/mol. The quantitative estimate of drug-likeness (QED) is 0.478. The molecule has 1 unspecified atom stereocenters. The first-order valence-electron chi connectivity index (χ1n) is 4.16. The van der Waals surface area contributed by atoms with E-state index in [9.17, 15) is 4.79 Å². The lowest BCUT2D eigenvalue weighted by Gasteiger charge is -2.02. The van der Waals surface area contributed by atoms with Crippen LogP contribution in [0.5, 0.6) is 0 Å². The van der Waals surface area contributed by atoms with Gasteiger partial charge >= 0.3 is 5.97 Å². The van der Waals surface area contributed by atoms with E-state index in [4.69, 9.17) is 21.8 Å². The minimum Gasteiger partial charge on any atom is -0.480 e. The highest BCUT2D eigenvalue weighted by molar-refractivity contribution is 6.29. The second kappa shape index (κ2) is 7.37. The van der Waals surface area contributed by atoms with E-state index in [0.717, 1.165) is 25.7 Å². The van der Waals surface area contributed by atoms with E-state index in [1.54, 1.807) is 0 Å². The fourth-order valence-corrected chi connectivity index (χ4v) is 1.07. The number of halogens is 1. The van der Waals surface area contributed by atoms with Crippen molar-refractivity contribution in [2.24, 2.45) is 0 Å². The number of aliphatic hydroxyl groups is 1. The highest BCUT2D eigenvalue weighted by Crippen LogP contribution is 2.09. The summed E-state index contributed by atoms with van der Waals surface area (Å²) in [5, 5.41) is 16.1.